The Morgan fingerprint density at radius 2 is 2.04 bits per heavy atom. The molecule has 0 fully saturated rings. The second-order valence-corrected chi connectivity index (χ2v) is 6.60. The molecule has 1 aromatic rings. The summed E-state index contributed by atoms with van der Waals surface area (Å²) in [5.74, 6) is -3.11. The number of benzene rings is 1. The molecule has 1 N–H and O–H groups in total. The summed E-state index contributed by atoms with van der Waals surface area (Å²) in [5, 5.41) is 13.8. The standard InChI is InChI=1S/C18H18N2O6/c1-9-6-13-16(17(22)15(9)18(23)26-2)12(8-14(21)19-13)10-4-3-5-11(7-10)20(24)25/h3-5,7,9,12,15H,6,8H2,1-2H3,(H,19,21)/t9-,12-,15+/m0/s1. The molecule has 8 nitrogen and oxygen atoms in total. The van der Waals surface area contributed by atoms with Gasteiger partial charge in [0.25, 0.3) is 5.69 Å². The van der Waals surface area contributed by atoms with Crippen LogP contribution in [0.2, 0.25) is 0 Å². The summed E-state index contributed by atoms with van der Waals surface area (Å²) in [6, 6.07) is 5.89. The van der Waals surface area contributed by atoms with E-state index in [1.807, 2.05) is 0 Å². The number of Topliss-reactive ketones (excluding diaryl/α,β-unsaturated/α-hetero) is 1. The smallest absolute Gasteiger partial charge is 0.316 e. The first kappa shape index (κ1) is 17.8. The van der Waals surface area contributed by atoms with Crippen LogP contribution in [0.4, 0.5) is 5.69 Å². The maximum atomic E-state index is 13.0. The molecule has 0 saturated carbocycles. The van der Waals surface area contributed by atoms with Crippen molar-refractivity contribution in [3.63, 3.8) is 0 Å². The third-order valence-corrected chi connectivity index (χ3v) is 4.93. The number of nitro benzene ring substituents is 1. The predicted octanol–water partition coefficient (Wildman–Crippen LogP) is 1.85. The van der Waals surface area contributed by atoms with Crippen LogP contribution in [0.3, 0.4) is 0 Å². The molecule has 26 heavy (non-hydrogen) atoms. The molecular weight excluding hydrogens is 340 g/mol. The predicted molar refractivity (Wildman–Crippen MR) is 89.9 cm³/mol. The molecule has 0 bridgehead atoms. The van der Waals surface area contributed by atoms with Crippen LogP contribution in [0.15, 0.2) is 35.5 Å². The average molecular weight is 358 g/mol. The van der Waals surface area contributed by atoms with Gasteiger partial charge >= 0.3 is 5.97 Å². The molecule has 8 heteroatoms. The highest BCUT2D eigenvalue weighted by molar-refractivity contribution is 6.11. The number of hydrogen-bond donors (Lipinski definition) is 1. The SMILES string of the molecule is COC(=O)[C@H]1C(=O)C2=C(C[C@@H]1C)NC(=O)C[C@H]2c1cccc([N+](=O)[O-])c1. The van der Waals surface area contributed by atoms with Crippen molar-refractivity contribution in [2.75, 3.05) is 7.11 Å². The molecule has 0 aromatic heterocycles. The monoisotopic (exact) mass is 358 g/mol. The maximum Gasteiger partial charge on any atom is 0.316 e. The summed E-state index contributed by atoms with van der Waals surface area (Å²) in [5.41, 5.74) is 1.24. The molecule has 1 heterocycles. The van der Waals surface area contributed by atoms with E-state index in [4.69, 9.17) is 4.74 Å². The van der Waals surface area contributed by atoms with E-state index in [2.05, 4.69) is 5.32 Å². The van der Waals surface area contributed by atoms with Gasteiger partial charge in [0, 0.05) is 35.7 Å². The summed E-state index contributed by atoms with van der Waals surface area (Å²) < 4.78 is 4.76. The molecular formula is C18H18N2O6. The van der Waals surface area contributed by atoms with Crippen LogP contribution < -0.4 is 5.32 Å². The summed E-state index contributed by atoms with van der Waals surface area (Å²) >= 11 is 0. The Morgan fingerprint density at radius 3 is 2.69 bits per heavy atom. The number of amides is 1. The second-order valence-electron chi connectivity index (χ2n) is 6.60. The fourth-order valence-corrected chi connectivity index (χ4v) is 3.74. The van der Waals surface area contributed by atoms with Gasteiger partial charge in [0.05, 0.1) is 12.0 Å². The minimum absolute atomic E-state index is 0.00594. The van der Waals surface area contributed by atoms with Crippen LogP contribution in [0.1, 0.15) is 31.2 Å². The number of non-ortho nitro benzene ring substituents is 1. The topological polar surface area (TPSA) is 116 Å². The van der Waals surface area contributed by atoms with Gasteiger partial charge in [-0.15, -0.1) is 0 Å². The average Bonchev–Trinajstić information content (AvgIpc) is 2.60. The molecule has 0 radical (unpaired) electrons. The van der Waals surface area contributed by atoms with Gasteiger partial charge in [-0.3, -0.25) is 24.5 Å². The van der Waals surface area contributed by atoms with Crippen LogP contribution >= 0.6 is 0 Å². The van der Waals surface area contributed by atoms with Gasteiger partial charge in [-0.1, -0.05) is 19.1 Å². The highest BCUT2D eigenvalue weighted by Gasteiger charge is 2.45. The van der Waals surface area contributed by atoms with E-state index in [0.29, 0.717) is 23.3 Å². The number of esters is 1. The number of carbonyl (C=O) groups excluding carboxylic acids is 3. The van der Waals surface area contributed by atoms with Gasteiger partial charge in [0.2, 0.25) is 5.91 Å². The number of carbonyl (C=O) groups is 3. The summed E-state index contributed by atoms with van der Waals surface area (Å²) in [6.45, 7) is 1.76. The molecule has 1 aliphatic carbocycles. The molecule has 1 amide bonds. The molecule has 0 unspecified atom stereocenters. The molecule has 1 aliphatic heterocycles. The van der Waals surface area contributed by atoms with Gasteiger partial charge in [-0.05, 0) is 17.9 Å². The van der Waals surface area contributed by atoms with Crippen molar-refractivity contribution in [2.24, 2.45) is 11.8 Å². The number of nitrogens with one attached hydrogen (secondary N) is 1. The molecule has 2 aliphatic rings. The number of nitro groups is 1. The van der Waals surface area contributed by atoms with Crippen LogP contribution in [-0.2, 0) is 19.1 Å². The summed E-state index contributed by atoms with van der Waals surface area (Å²) in [7, 11) is 1.23. The van der Waals surface area contributed by atoms with E-state index in [0.717, 1.165) is 0 Å². The zero-order valence-electron chi connectivity index (χ0n) is 14.4. The Hall–Kier alpha value is -3.03. The third kappa shape index (κ3) is 2.98. The zero-order valence-corrected chi connectivity index (χ0v) is 14.4. The number of hydrogen-bond acceptors (Lipinski definition) is 6. The van der Waals surface area contributed by atoms with Gasteiger partial charge in [-0.25, -0.2) is 0 Å². The normalized spacial score (nSPS) is 25.4. The highest BCUT2D eigenvalue weighted by Crippen LogP contribution is 2.42. The minimum atomic E-state index is -0.935. The summed E-state index contributed by atoms with van der Waals surface area (Å²) in [4.78, 5) is 47.8. The largest absolute Gasteiger partial charge is 0.468 e. The van der Waals surface area contributed by atoms with Crippen molar-refractivity contribution in [1.29, 1.82) is 0 Å². The Kier molecular flexibility index (Phi) is 4.58. The number of ether oxygens (including phenoxy) is 1. The third-order valence-electron chi connectivity index (χ3n) is 4.93. The van der Waals surface area contributed by atoms with Crippen molar-refractivity contribution < 1.29 is 24.0 Å². The van der Waals surface area contributed by atoms with E-state index in [1.165, 1.54) is 25.3 Å². The zero-order chi connectivity index (χ0) is 19.0. The summed E-state index contributed by atoms with van der Waals surface area (Å²) in [6.07, 6.45) is 0.353. The Balaban J connectivity index is 2.09. The van der Waals surface area contributed by atoms with Crippen molar-refractivity contribution >= 4 is 23.3 Å². The van der Waals surface area contributed by atoms with Crippen molar-refractivity contribution in [3.8, 4) is 0 Å². The highest BCUT2D eigenvalue weighted by atomic mass is 16.6. The van der Waals surface area contributed by atoms with Crippen LogP contribution in [0.5, 0.6) is 0 Å². The Bertz CT molecular complexity index is 844. The Labute approximate surface area is 149 Å². The van der Waals surface area contributed by atoms with E-state index in [1.54, 1.807) is 13.0 Å². The number of allylic oxidation sites excluding steroid dienone is 2. The quantitative estimate of drug-likeness (QED) is 0.381. The van der Waals surface area contributed by atoms with Gasteiger partial charge < -0.3 is 10.1 Å². The lowest BCUT2D eigenvalue weighted by Gasteiger charge is -2.36. The first-order chi connectivity index (χ1) is 12.3. The molecule has 0 spiro atoms. The first-order valence-electron chi connectivity index (χ1n) is 8.22. The molecule has 0 saturated heterocycles. The van der Waals surface area contributed by atoms with Gasteiger partial charge in [0.15, 0.2) is 5.78 Å². The number of methoxy groups -OCH3 is 1. The van der Waals surface area contributed by atoms with Crippen LogP contribution in [0, 0.1) is 22.0 Å². The lowest BCUT2D eigenvalue weighted by atomic mass is 9.70. The second kappa shape index (κ2) is 6.70. The van der Waals surface area contributed by atoms with E-state index >= 15 is 0 Å². The molecule has 3 rings (SSSR count). The fourth-order valence-electron chi connectivity index (χ4n) is 3.74. The van der Waals surface area contributed by atoms with E-state index in [-0.39, 0.29) is 29.7 Å². The Morgan fingerprint density at radius 1 is 1.31 bits per heavy atom. The number of ketones is 1. The lowest BCUT2D eigenvalue weighted by Crippen LogP contribution is -2.44. The van der Waals surface area contributed by atoms with E-state index in [9.17, 15) is 24.5 Å². The molecule has 1 aromatic carbocycles. The minimum Gasteiger partial charge on any atom is -0.468 e. The van der Waals surface area contributed by atoms with Gasteiger partial charge in [-0.2, -0.15) is 0 Å². The van der Waals surface area contributed by atoms with E-state index < -0.39 is 22.7 Å². The maximum absolute atomic E-state index is 13.0. The fraction of sp³-hybridized carbons (Fsp3) is 0.389. The molecule has 136 valence electrons. The van der Waals surface area contributed by atoms with Crippen molar-refractivity contribution in [2.45, 2.75) is 25.7 Å². The van der Waals surface area contributed by atoms with Crippen LogP contribution in [0.25, 0.3) is 0 Å². The van der Waals surface area contributed by atoms with Crippen LogP contribution in [-0.4, -0.2) is 29.7 Å². The first-order valence-corrected chi connectivity index (χ1v) is 8.22. The number of rotatable bonds is 3. The van der Waals surface area contributed by atoms with Crippen molar-refractivity contribution in [3.05, 3.63) is 51.2 Å². The van der Waals surface area contributed by atoms with Gasteiger partial charge in [0.1, 0.15) is 5.92 Å². The molecule has 3 atom stereocenters. The number of nitrogens with zero attached hydrogens (tertiary/aromatic N) is 1. The lowest BCUT2D eigenvalue weighted by molar-refractivity contribution is -0.384. The van der Waals surface area contributed by atoms with Crippen molar-refractivity contribution in [1.82, 2.24) is 5.32 Å².